The van der Waals surface area contributed by atoms with E-state index in [1.165, 1.54) is 4.90 Å². The van der Waals surface area contributed by atoms with Gasteiger partial charge >= 0.3 is 23.8 Å². The number of nitrogens with one attached hydrogen (secondary N) is 2. The van der Waals surface area contributed by atoms with Crippen LogP contribution in [0.1, 0.15) is 37.5 Å². The summed E-state index contributed by atoms with van der Waals surface area (Å²) in [6.45, 7) is 7.45. The number of urea groups is 1. The molecule has 0 aliphatic rings. The van der Waals surface area contributed by atoms with E-state index in [2.05, 4.69) is 20.6 Å². The zero-order chi connectivity index (χ0) is 28.0. The van der Waals surface area contributed by atoms with Gasteiger partial charge in [0.25, 0.3) is 0 Å². The average molecular weight is 530 g/mol. The van der Waals surface area contributed by atoms with Crippen LogP contribution in [0.4, 0.5) is 21.3 Å². The number of anilines is 2. The number of fused-ring (bicyclic) bond motifs is 1. The number of hydrogen-bond acceptors (Lipinski definition) is 7. The van der Waals surface area contributed by atoms with Gasteiger partial charge in [0.2, 0.25) is 0 Å². The third-order valence-corrected chi connectivity index (χ3v) is 5.82. The van der Waals surface area contributed by atoms with Gasteiger partial charge in [0.05, 0.1) is 10.9 Å². The SMILES string of the molecule is Cc1c(NC(=O)OC(C)(C)C)ccc2nc(N(CCc3ccccc3)C(=O)NCc3ccncc3)oc(=O)c12. The van der Waals surface area contributed by atoms with Gasteiger partial charge < -0.3 is 14.5 Å². The highest BCUT2D eigenvalue weighted by atomic mass is 16.6. The van der Waals surface area contributed by atoms with E-state index in [1.54, 1.807) is 64.4 Å². The molecule has 0 aliphatic heterocycles. The van der Waals surface area contributed by atoms with Crippen LogP contribution in [0, 0.1) is 6.92 Å². The van der Waals surface area contributed by atoms with E-state index in [1.807, 2.05) is 30.3 Å². The Bertz CT molecular complexity index is 1510. The fraction of sp³-hybridized carbons (Fsp3) is 0.276. The summed E-state index contributed by atoms with van der Waals surface area (Å²) in [6.07, 6.45) is 3.17. The summed E-state index contributed by atoms with van der Waals surface area (Å²) in [4.78, 5) is 48.5. The van der Waals surface area contributed by atoms with Gasteiger partial charge in [-0.1, -0.05) is 30.3 Å². The first-order valence-corrected chi connectivity index (χ1v) is 12.5. The molecule has 0 saturated heterocycles. The molecule has 0 atom stereocenters. The monoisotopic (exact) mass is 529 g/mol. The summed E-state index contributed by atoms with van der Waals surface area (Å²) in [5.74, 6) is 0. The molecule has 2 aromatic carbocycles. The van der Waals surface area contributed by atoms with Crippen molar-refractivity contribution in [1.82, 2.24) is 15.3 Å². The van der Waals surface area contributed by atoms with Gasteiger partial charge in [0.1, 0.15) is 5.60 Å². The largest absolute Gasteiger partial charge is 0.444 e. The maximum Gasteiger partial charge on any atom is 0.412 e. The van der Waals surface area contributed by atoms with Crippen LogP contribution in [0.2, 0.25) is 0 Å². The highest BCUT2D eigenvalue weighted by Gasteiger charge is 2.23. The Morgan fingerprint density at radius 3 is 2.41 bits per heavy atom. The van der Waals surface area contributed by atoms with Gasteiger partial charge in [-0.15, -0.1) is 0 Å². The van der Waals surface area contributed by atoms with Crippen LogP contribution >= 0.6 is 0 Å². The number of hydrogen-bond donors (Lipinski definition) is 2. The number of aryl methyl sites for hydroxylation is 1. The zero-order valence-corrected chi connectivity index (χ0v) is 22.4. The number of carbonyl (C=O) groups excluding carboxylic acids is 2. The second-order valence-corrected chi connectivity index (χ2v) is 9.94. The third-order valence-electron chi connectivity index (χ3n) is 5.82. The molecular weight excluding hydrogens is 498 g/mol. The average Bonchev–Trinajstić information content (AvgIpc) is 2.89. The highest BCUT2D eigenvalue weighted by Crippen LogP contribution is 2.25. The van der Waals surface area contributed by atoms with Crippen molar-refractivity contribution in [1.29, 1.82) is 0 Å². The van der Waals surface area contributed by atoms with Gasteiger partial charge in [-0.25, -0.2) is 19.3 Å². The molecule has 2 aromatic heterocycles. The van der Waals surface area contributed by atoms with E-state index >= 15 is 0 Å². The number of aromatic nitrogens is 2. The predicted octanol–water partition coefficient (Wildman–Crippen LogP) is 5.20. The molecule has 0 saturated carbocycles. The van der Waals surface area contributed by atoms with Crippen molar-refractivity contribution in [3.05, 3.63) is 94.1 Å². The lowest BCUT2D eigenvalue weighted by Gasteiger charge is -2.21. The number of nitrogens with zero attached hydrogens (tertiary/aromatic N) is 3. The van der Waals surface area contributed by atoms with E-state index in [-0.39, 0.29) is 24.5 Å². The summed E-state index contributed by atoms with van der Waals surface area (Å²) in [7, 11) is 0. The number of pyridine rings is 1. The second kappa shape index (κ2) is 11.8. The molecule has 0 unspecified atom stereocenters. The first-order valence-electron chi connectivity index (χ1n) is 12.5. The fourth-order valence-corrected chi connectivity index (χ4v) is 3.92. The summed E-state index contributed by atoms with van der Waals surface area (Å²) in [5.41, 5.74) is 1.74. The van der Waals surface area contributed by atoms with Crippen LogP contribution in [-0.4, -0.2) is 34.2 Å². The summed E-state index contributed by atoms with van der Waals surface area (Å²) >= 11 is 0. The Kier molecular flexibility index (Phi) is 8.24. The Morgan fingerprint density at radius 1 is 1.00 bits per heavy atom. The smallest absolute Gasteiger partial charge is 0.412 e. The van der Waals surface area contributed by atoms with Crippen molar-refractivity contribution in [3.8, 4) is 0 Å². The van der Waals surface area contributed by atoms with Crippen LogP contribution in [-0.2, 0) is 17.7 Å². The van der Waals surface area contributed by atoms with Crippen molar-refractivity contribution in [2.45, 2.75) is 46.3 Å². The molecule has 2 N–H and O–H groups in total. The molecule has 0 bridgehead atoms. The topological polar surface area (TPSA) is 127 Å². The summed E-state index contributed by atoms with van der Waals surface area (Å²) < 4.78 is 10.9. The molecule has 202 valence electrons. The lowest BCUT2D eigenvalue weighted by Crippen LogP contribution is -2.41. The Hall–Kier alpha value is -4.73. The van der Waals surface area contributed by atoms with E-state index in [9.17, 15) is 14.4 Å². The minimum Gasteiger partial charge on any atom is -0.444 e. The van der Waals surface area contributed by atoms with Gasteiger partial charge in [-0.05, 0) is 75.1 Å². The molecule has 0 fully saturated rings. The van der Waals surface area contributed by atoms with Gasteiger partial charge in [0.15, 0.2) is 0 Å². The predicted molar refractivity (Wildman–Crippen MR) is 149 cm³/mol. The third kappa shape index (κ3) is 7.19. The molecule has 2 heterocycles. The first-order chi connectivity index (χ1) is 18.6. The van der Waals surface area contributed by atoms with Crippen LogP contribution in [0.15, 0.2) is 76.2 Å². The van der Waals surface area contributed by atoms with Crippen LogP contribution in [0.3, 0.4) is 0 Å². The Morgan fingerprint density at radius 2 is 1.72 bits per heavy atom. The molecule has 10 nitrogen and oxygen atoms in total. The van der Waals surface area contributed by atoms with Gasteiger partial charge in [-0.3, -0.25) is 10.3 Å². The highest BCUT2D eigenvalue weighted by molar-refractivity contribution is 5.94. The molecule has 0 radical (unpaired) electrons. The maximum atomic E-state index is 13.3. The minimum atomic E-state index is -0.675. The van der Waals surface area contributed by atoms with E-state index in [0.29, 0.717) is 23.2 Å². The molecule has 4 aromatic rings. The lowest BCUT2D eigenvalue weighted by molar-refractivity contribution is 0.0635. The Balaban J connectivity index is 1.63. The summed E-state index contributed by atoms with van der Waals surface area (Å²) in [5, 5.41) is 5.72. The van der Waals surface area contributed by atoms with Crippen molar-refractivity contribution in [3.63, 3.8) is 0 Å². The molecule has 0 aliphatic carbocycles. The van der Waals surface area contributed by atoms with Crippen molar-refractivity contribution >= 4 is 34.7 Å². The molecule has 4 rings (SSSR count). The fourth-order valence-electron chi connectivity index (χ4n) is 3.92. The van der Waals surface area contributed by atoms with E-state index < -0.39 is 23.4 Å². The van der Waals surface area contributed by atoms with Crippen molar-refractivity contribution < 1.29 is 18.7 Å². The number of rotatable bonds is 7. The molecule has 39 heavy (non-hydrogen) atoms. The number of carbonyl (C=O) groups is 2. The number of ether oxygens (including phenoxy) is 1. The molecule has 3 amide bonds. The Labute approximate surface area is 226 Å². The van der Waals surface area contributed by atoms with Crippen molar-refractivity contribution in [2.24, 2.45) is 0 Å². The standard InChI is InChI=1S/C29H31N5O5/c1-19-22(33-28(37)39-29(2,3)4)10-11-23-24(19)25(35)38-27(32-23)34(17-14-20-8-6-5-7-9-20)26(36)31-18-21-12-15-30-16-13-21/h5-13,15-16H,14,17-18H2,1-4H3,(H,31,36)(H,33,37). The first kappa shape index (κ1) is 27.3. The maximum absolute atomic E-state index is 13.3. The summed E-state index contributed by atoms with van der Waals surface area (Å²) in [6, 6.07) is 15.9. The van der Waals surface area contributed by atoms with E-state index in [0.717, 1.165) is 11.1 Å². The number of benzene rings is 2. The second-order valence-electron chi connectivity index (χ2n) is 9.94. The van der Waals surface area contributed by atoms with E-state index in [4.69, 9.17) is 9.15 Å². The normalized spacial score (nSPS) is 11.2. The lowest BCUT2D eigenvalue weighted by atomic mass is 10.1. The van der Waals surface area contributed by atoms with Crippen LogP contribution in [0.5, 0.6) is 0 Å². The minimum absolute atomic E-state index is 0.122. The zero-order valence-electron chi connectivity index (χ0n) is 22.4. The van der Waals surface area contributed by atoms with Crippen molar-refractivity contribution in [2.75, 3.05) is 16.8 Å². The molecular formula is C29H31N5O5. The quantitative estimate of drug-likeness (QED) is 0.337. The molecule has 0 spiro atoms. The van der Waals surface area contributed by atoms with Gasteiger partial charge in [0, 0.05) is 31.2 Å². The van der Waals surface area contributed by atoms with Gasteiger partial charge in [-0.2, -0.15) is 4.98 Å². The number of amides is 3. The van der Waals surface area contributed by atoms with Crippen LogP contribution < -0.4 is 21.2 Å². The van der Waals surface area contributed by atoms with Crippen LogP contribution in [0.25, 0.3) is 10.9 Å². The molecule has 10 heteroatoms.